The van der Waals surface area contributed by atoms with E-state index in [1.54, 1.807) is 0 Å². The van der Waals surface area contributed by atoms with Gasteiger partial charge in [0.2, 0.25) is 0 Å². The van der Waals surface area contributed by atoms with E-state index in [0.29, 0.717) is 12.3 Å². The molecule has 1 unspecified atom stereocenters. The number of aliphatic hydroxyl groups excluding tert-OH is 1. The molecule has 1 aromatic carbocycles. The minimum absolute atomic E-state index is 0.0615. The Morgan fingerprint density at radius 2 is 2.15 bits per heavy atom. The maximum Gasteiger partial charge on any atom is 0.174 e. The Hall–Kier alpha value is -1.57. The fourth-order valence-corrected chi connectivity index (χ4v) is 2.07. The third-order valence-electron chi connectivity index (χ3n) is 3.22. The largest absolute Gasteiger partial charge is 0.479 e. The van der Waals surface area contributed by atoms with Gasteiger partial charge in [0.05, 0.1) is 0 Å². The molecule has 2 N–H and O–H groups in total. The Labute approximate surface area is 121 Å². The molecule has 0 aliphatic heterocycles. The van der Waals surface area contributed by atoms with Crippen molar-refractivity contribution in [2.75, 3.05) is 13.2 Å². The molecule has 110 valence electrons. The van der Waals surface area contributed by atoms with Crippen molar-refractivity contribution in [2.45, 2.75) is 39.8 Å². The second kappa shape index (κ2) is 7.88. The summed E-state index contributed by atoms with van der Waals surface area (Å²) in [5, 5.41) is 21.1. The van der Waals surface area contributed by atoms with Crippen LogP contribution in [0.25, 0.3) is 0 Å². The van der Waals surface area contributed by atoms with Crippen molar-refractivity contribution < 1.29 is 9.84 Å². The summed E-state index contributed by atoms with van der Waals surface area (Å²) in [5.74, 6) is 0.709. The van der Waals surface area contributed by atoms with E-state index in [-0.39, 0.29) is 24.7 Å². The van der Waals surface area contributed by atoms with Crippen molar-refractivity contribution in [3.63, 3.8) is 0 Å². The van der Waals surface area contributed by atoms with E-state index in [4.69, 9.17) is 15.1 Å². The first-order chi connectivity index (χ1) is 9.47. The van der Waals surface area contributed by atoms with Gasteiger partial charge in [-0.1, -0.05) is 32.9 Å². The number of hydrogen-bond acceptors (Lipinski definition) is 4. The highest BCUT2D eigenvalue weighted by Gasteiger charge is 2.23. The molecule has 0 fully saturated rings. The van der Waals surface area contributed by atoms with Crippen molar-refractivity contribution in [3.8, 4) is 11.8 Å². The molecular formula is C16H24N2O2. The quantitative estimate of drug-likeness (QED) is 0.803. The van der Waals surface area contributed by atoms with Crippen molar-refractivity contribution in [2.24, 2.45) is 5.41 Å². The molecule has 1 rings (SSSR count). The van der Waals surface area contributed by atoms with Crippen LogP contribution in [0.5, 0.6) is 5.75 Å². The van der Waals surface area contributed by atoms with Crippen LogP contribution in [0.2, 0.25) is 0 Å². The third-order valence-corrected chi connectivity index (χ3v) is 3.22. The lowest BCUT2D eigenvalue weighted by molar-refractivity contribution is 0.196. The van der Waals surface area contributed by atoms with Crippen molar-refractivity contribution in [1.82, 2.24) is 5.32 Å². The van der Waals surface area contributed by atoms with Crippen LogP contribution in [0.4, 0.5) is 0 Å². The fraction of sp³-hybridized carbons (Fsp3) is 0.562. The molecule has 1 atom stereocenters. The highest BCUT2D eigenvalue weighted by Crippen LogP contribution is 2.22. The summed E-state index contributed by atoms with van der Waals surface area (Å²) in [5.41, 5.74) is 1.20. The van der Waals surface area contributed by atoms with Crippen LogP contribution in [0.3, 0.4) is 0 Å². The molecule has 20 heavy (non-hydrogen) atoms. The van der Waals surface area contributed by atoms with Gasteiger partial charge in [-0.05, 0) is 29.5 Å². The number of nitrogens with zero attached hydrogens (tertiary/aromatic N) is 1. The summed E-state index contributed by atoms with van der Waals surface area (Å²) in [4.78, 5) is 0. The molecule has 1 aromatic rings. The fourth-order valence-electron chi connectivity index (χ4n) is 2.07. The topological polar surface area (TPSA) is 65.3 Å². The lowest BCUT2D eigenvalue weighted by atomic mass is 9.85. The molecule has 0 radical (unpaired) electrons. The second-order valence-electron chi connectivity index (χ2n) is 5.91. The minimum atomic E-state index is 0.0615. The highest BCUT2D eigenvalue weighted by molar-refractivity contribution is 5.28. The Kier molecular flexibility index (Phi) is 6.50. The van der Waals surface area contributed by atoms with E-state index in [0.717, 1.165) is 12.0 Å². The lowest BCUT2D eigenvalue weighted by Crippen LogP contribution is -2.40. The molecule has 0 saturated carbocycles. The van der Waals surface area contributed by atoms with Crippen molar-refractivity contribution in [3.05, 3.63) is 29.8 Å². The number of aliphatic hydroxyl groups is 1. The number of ether oxygens (including phenoxy) is 1. The normalized spacial score (nSPS) is 12.8. The van der Waals surface area contributed by atoms with Gasteiger partial charge in [0.15, 0.2) is 6.61 Å². The van der Waals surface area contributed by atoms with Gasteiger partial charge in [-0.15, -0.1) is 0 Å². The van der Waals surface area contributed by atoms with Crippen LogP contribution in [-0.2, 0) is 6.54 Å². The van der Waals surface area contributed by atoms with Crippen LogP contribution >= 0.6 is 0 Å². The van der Waals surface area contributed by atoms with Gasteiger partial charge in [0, 0.05) is 19.2 Å². The molecule has 0 spiro atoms. The van der Waals surface area contributed by atoms with Gasteiger partial charge >= 0.3 is 0 Å². The summed E-state index contributed by atoms with van der Waals surface area (Å²) < 4.78 is 5.29. The summed E-state index contributed by atoms with van der Waals surface area (Å²) in [6.45, 7) is 7.43. The van der Waals surface area contributed by atoms with E-state index < -0.39 is 0 Å². The molecule has 4 nitrogen and oxygen atoms in total. The summed E-state index contributed by atoms with van der Waals surface area (Å²) in [6.07, 6.45) is 0.730. The summed E-state index contributed by atoms with van der Waals surface area (Å²) >= 11 is 0. The smallest absolute Gasteiger partial charge is 0.174 e. The van der Waals surface area contributed by atoms with E-state index >= 15 is 0 Å². The van der Waals surface area contributed by atoms with Gasteiger partial charge in [-0.25, -0.2) is 0 Å². The summed E-state index contributed by atoms with van der Waals surface area (Å²) in [7, 11) is 0. The maximum atomic E-state index is 9.15. The van der Waals surface area contributed by atoms with E-state index in [2.05, 4.69) is 26.1 Å². The van der Waals surface area contributed by atoms with Crippen LogP contribution in [0, 0.1) is 16.7 Å². The number of nitrogens with one attached hydrogen (secondary N) is 1. The molecule has 0 saturated heterocycles. The molecule has 0 heterocycles. The standard InChI is InChI=1S/C16H24N2O2/c1-16(2,3)15(7-9-19)18-12-13-5-4-6-14(11-13)20-10-8-17/h4-6,11,15,18-19H,7,9-10,12H2,1-3H3. The minimum Gasteiger partial charge on any atom is -0.479 e. The van der Waals surface area contributed by atoms with Crippen molar-refractivity contribution >= 4 is 0 Å². The van der Waals surface area contributed by atoms with Crippen LogP contribution in [0.1, 0.15) is 32.8 Å². The molecule has 4 heteroatoms. The predicted octanol–water partition coefficient (Wildman–Crippen LogP) is 2.48. The molecular weight excluding hydrogens is 252 g/mol. The monoisotopic (exact) mass is 276 g/mol. The third kappa shape index (κ3) is 5.60. The zero-order valence-electron chi connectivity index (χ0n) is 12.5. The first kappa shape index (κ1) is 16.5. The first-order valence-corrected chi connectivity index (χ1v) is 6.90. The highest BCUT2D eigenvalue weighted by atomic mass is 16.5. The molecule has 0 aliphatic rings. The van der Waals surface area contributed by atoms with Crippen molar-refractivity contribution in [1.29, 1.82) is 5.26 Å². The zero-order valence-corrected chi connectivity index (χ0v) is 12.5. The van der Waals surface area contributed by atoms with E-state index in [1.165, 1.54) is 0 Å². The number of rotatable bonds is 7. The molecule has 0 bridgehead atoms. The maximum absolute atomic E-state index is 9.15. The Balaban J connectivity index is 2.61. The van der Waals surface area contributed by atoms with Crippen LogP contribution in [-0.4, -0.2) is 24.4 Å². The van der Waals surface area contributed by atoms with Gasteiger partial charge in [-0.3, -0.25) is 0 Å². The Morgan fingerprint density at radius 1 is 1.40 bits per heavy atom. The average Bonchev–Trinajstić information content (AvgIpc) is 2.40. The van der Waals surface area contributed by atoms with Crippen LogP contribution < -0.4 is 10.1 Å². The molecule has 0 aliphatic carbocycles. The van der Waals surface area contributed by atoms with Gasteiger partial charge < -0.3 is 15.2 Å². The second-order valence-corrected chi connectivity index (χ2v) is 5.91. The average molecular weight is 276 g/mol. The Bertz CT molecular complexity index is 447. The number of nitriles is 1. The van der Waals surface area contributed by atoms with Gasteiger partial charge in [0.25, 0.3) is 0 Å². The first-order valence-electron chi connectivity index (χ1n) is 6.90. The molecule has 0 aromatic heterocycles. The number of benzene rings is 1. The van der Waals surface area contributed by atoms with Crippen LogP contribution in [0.15, 0.2) is 24.3 Å². The number of hydrogen-bond donors (Lipinski definition) is 2. The summed E-state index contributed by atoms with van der Waals surface area (Å²) in [6, 6.07) is 9.92. The SMILES string of the molecule is CC(C)(C)C(CCO)NCc1cccc(OCC#N)c1. The van der Waals surface area contributed by atoms with E-state index in [1.807, 2.05) is 30.3 Å². The predicted molar refractivity (Wildman–Crippen MR) is 79.3 cm³/mol. The zero-order chi connectivity index (χ0) is 15.0. The molecule has 0 amide bonds. The van der Waals surface area contributed by atoms with Gasteiger partial charge in [-0.2, -0.15) is 5.26 Å². The lowest BCUT2D eigenvalue weighted by Gasteiger charge is -2.31. The Morgan fingerprint density at radius 3 is 2.75 bits per heavy atom. The van der Waals surface area contributed by atoms with Gasteiger partial charge in [0.1, 0.15) is 11.8 Å². The van der Waals surface area contributed by atoms with E-state index in [9.17, 15) is 0 Å².